The van der Waals surface area contributed by atoms with Crippen LogP contribution in [0.1, 0.15) is 53.5 Å². The molecule has 0 aliphatic heterocycles. The maximum Gasteiger partial charge on any atom is 0.333 e. The summed E-state index contributed by atoms with van der Waals surface area (Å²) < 4.78 is 5.55. The van der Waals surface area contributed by atoms with Gasteiger partial charge in [-0.05, 0) is 49.0 Å². The van der Waals surface area contributed by atoms with E-state index in [-0.39, 0.29) is 11.4 Å². The van der Waals surface area contributed by atoms with Gasteiger partial charge in [0, 0.05) is 24.8 Å². The van der Waals surface area contributed by atoms with Crippen LogP contribution in [0.4, 0.5) is 0 Å². The highest BCUT2D eigenvalue weighted by molar-refractivity contribution is 5.88. The fourth-order valence-corrected chi connectivity index (χ4v) is 4.25. The minimum absolute atomic E-state index is 0.206. The zero-order valence-corrected chi connectivity index (χ0v) is 18.0. The molecular weight excluding hydrogens is 334 g/mol. The first kappa shape index (κ1) is 21.4. The molecule has 0 aromatic heterocycles. The molecule has 2 unspecified atom stereocenters. The number of nitrogens with zero attached hydrogens (tertiary/aromatic N) is 1. The summed E-state index contributed by atoms with van der Waals surface area (Å²) in [5.74, 6) is 1.83. The molecule has 0 radical (unpaired) electrons. The van der Waals surface area contributed by atoms with Crippen LogP contribution < -0.4 is 0 Å². The molecule has 1 fully saturated rings. The Bertz CT molecular complexity index is 704. The van der Waals surface area contributed by atoms with E-state index in [1.165, 1.54) is 0 Å². The first-order valence-corrected chi connectivity index (χ1v) is 10.0. The molecular formula is C24H35NO2. The SMILES string of the molecule is CN=CC1[C@@H](C)[C@@]1(C)CC(/C(C)=C(\C)C(=O)OCc1ccccc1)C(C)C. The third-order valence-electron chi connectivity index (χ3n) is 6.67. The van der Waals surface area contributed by atoms with Crippen molar-refractivity contribution in [3.8, 4) is 0 Å². The van der Waals surface area contributed by atoms with E-state index in [1.54, 1.807) is 0 Å². The van der Waals surface area contributed by atoms with Crippen LogP contribution in [0.5, 0.6) is 0 Å². The average molecular weight is 370 g/mol. The average Bonchev–Trinajstić information content (AvgIpc) is 3.17. The van der Waals surface area contributed by atoms with Gasteiger partial charge in [0.1, 0.15) is 6.61 Å². The standard InChI is InChI=1S/C24H35NO2/c1-16(2)21(13-24(6)19(5)22(24)14-25-7)17(3)18(4)23(26)27-15-20-11-9-8-10-12-20/h8-12,14,16,19,21-22H,13,15H2,1-7H3/b18-17+,25-14?/t19-,21?,22?,24-/m1/s1. The van der Waals surface area contributed by atoms with Gasteiger partial charge in [0.05, 0.1) is 0 Å². The number of aliphatic imine (C=N–C) groups is 1. The molecule has 1 aromatic rings. The van der Waals surface area contributed by atoms with Crippen LogP contribution in [0, 0.1) is 29.1 Å². The predicted octanol–water partition coefficient (Wildman–Crippen LogP) is 5.70. The fraction of sp³-hybridized carbons (Fsp3) is 0.583. The Labute approximate surface area is 164 Å². The highest BCUT2D eigenvalue weighted by Gasteiger charge is 2.57. The Kier molecular flexibility index (Phi) is 7.02. The van der Waals surface area contributed by atoms with E-state index >= 15 is 0 Å². The lowest BCUT2D eigenvalue weighted by atomic mass is 9.78. The first-order valence-electron chi connectivity index (χ1n) is 10.0. The van der Waals surface area contributed by atoms with Gasteiger partial charge in [-0.1, -0.05) is 63.6 Å². The number of carbonyl (C=O) groups is 1. The van der Waals surface area contributed by atoms with Crippen LogP contribution in [0.3, 0.4) is 0 Å². The maximum absolute atomic E-state index is 12.6. The normalized spacial score (nSPS) is 26.8. The van der Waals surface area contributed by atoms with E-state index in [9.17, 15) is 4.79 Å². The fourth-order valence-electron chi connectivity index (χ4n) is 4.25. The summed E-state index contributed by atoms with van der Waals surface area (Å²) in [6.07, 6.45) is 3.18. The van der Waals surface area contributed by atoms with Gasteiger partial charge in [-0.3, -0.25) is 0 Å². The van der Waals surface area contributed by atoms with E-state index in [4.69, 9.17) is 4.74 Å². The second kappa shape index (κ2) is 8.86. The van der Waals surface area contributed by atoms with Crippen molar-refractivity contribution >= 4 is 12.2 Å². The molecule has 3 heteroatoms. The largest absolute Gasteiger partial charge is 0.457 e. The third kappa shape index (κ3) is 4.88. The van der Waals surface area contributed by atoms with E-state index in [0.717, 1.165) is 23.1 Å². The minimum Gasteiger partial charge on any atom is -0.457 e. The van der Waals surface area contributed by atoms with Crippen LogP contribution in [0.15, 0.2) is 46.5 Å². The molecule has 27 heavy (non-hydrogen) atoms. The van der Waals surface area contributed by atoms with Crippen molar-refractivity contribution in [3.05, 3.63) is 47.0 Å². The summed E-state index contributed by atoms with van der Waals surface area (Å²) in [6, 6.07) is 9.82. The number of hydrogen-bond acceptors (Lipinski definition) is 3. The Hall–Kier alpha value is -1.90. The molecule has 1 aliphatic rings. The lowest BCUT2D eigenvalue weighted by Crippen LogP contribution is -2.20. The van der Waals surface area contributed by atoms with Gasteiger partial charge in [-0.15, -0.1) is 0 Å². The smallest absolute Gasteiger partial charge is 0.333 e. The topological polar surface area (TPSA) is 38.7 Å². The lowest BCUT2D eigenvalue weighted by molar-refractivity contribution is -0.140. The number of allylic oxidation sites excluding steroid dienone is 1. The van der Waals surface area contributed by atoms with Gasteiger partial charge in [-0.2, -0.15) is 0 Å². The van der Waals surface area contributed by atoms with Crippen molar-refractivity contribution in [2.24, 2.45) is 34.1 Å². The second-order valence-electron chi connectivity index (χ2n) is 8.65. The van der Waals surface area contributed by atoms with Crippen LogP contribution in [-0.4, -0.2) is 19.2 Å². The van der Waals surface area contributed by atoms with Crippen LogP contribution >= 0.6 is 0 Å². The number of esters is 1. The molecule has 0 N–H and O–H groups in total. The summed E-state index contributed by atoms with van der Waals surface area (Å²) in [5.41, 5.74) is 3.19. The van der Waals surface area contributed by atoms with Crippen LogP contribution in [0.25, 0.3) is 0 Å². The van der Waals surface area contributed by atoms with E-state index in [2.05, 4.69) is 45.8 Å². The van der Waals surface area contributed by atoms with Crippen LogP contribution in [-0.2, 0) is 16.1 Å². The summed E-state index contributed by atoms with van der Waals surface area (Å²) >= 11 is 0. The van der Waals surface area contributed by atoms with Crippen molar-refractivity contribution in [2.45, 2.75) is 54.6 Å². The Morgan fingerprint density at radius 3 is 2.44 bits per heavy atom. The molecule has 0 heterocycles. The molecule has 1 saturated carbocycles. The summed E-state index contributed by atoms with van der Waals surface area (Å²) in [5, 5.41) is 0. The van der Waals surface area contributed by atoms with Crippen molar-refractivity contribution in [1.82, 2.24) is 0 Å². The predicted molar refractivity (Wildman–Crippen MR) is 113 cm³/mol. The summed E-state index contributed by atoms with van der Waals surface area (Å²) in [7, 11) is 1.85. The highest BCUT2D eigenvalue weighted by atomic mass is 16.5. The number of hydrogen-bond donors (Lipinski definition) is 0. The molecule has 0 amide bonds. The molecule has 0 saturated heterocycles. The van der Waals surface area contributed by atoms with Gasteiger partial charge >= 0.3 is 5.97 Å². The molecule has 2 rings (SSSR count). The van der Waals surface area contributed by atoms with E-state index < -0.39 is 0 Å². The van der Waals surface area contributed by atoms with E-state index in [1.807, 2.05) is 44.3 Å². The minimum atomic E-state index is -0.206. The van der Waals surface area contributed by atoms with Gasteiger partial charge in [0.2, 0.25) is 0 Å². The molecule has 148 valence electrons. The molecule has 1 aliphatic carbocycles. The third-order valence-corrected chi connectivity index (χ3v) is 6.67. The number of ether oxygens (including phenoxy) is 1. The maximum atomic E-state index is 12.6. The van der Waals surface area contributed by atoms with Crippen molar-refractivity contribution in [1.29, 1.82) is 0 Å². The van der Waals surface area contributed by atoms with Gasteiger partial charge in [0.25, 0.3) is 0 Å². The molecule has 0 bridgehead atoms. The van der Waals surface area contributed by atoms with Crippen molar-refractivity contribution in [2.75, 3.05) is 7.05 Å². The van der Waals surface area contributed by atoms with Crippen molar-refractivity contribution in [3.63, 3.8) is 0 Å². The summed E-state index contributed by atoms with van der Waals surface area (Å²) in [6.45, 7) is 13.5. The Morgan fingerprint density at radius 2 is 1.89 bits per heavy atom. The van der Waals surface area contributed by atoms with Gasteiger partial charge in [-0.25, -0.2) is 4.79 Å². The number of carbonyl (C=O) groups excluding carboxylic acids is 1. The van der Waals surface area contributed by atoms with E-state index in [0.29, 0.717) is 30.3 Å². The van der Waals surface area contributed by atoms with Crippen LogP contribution in [0.2, 0.25) is 0 Å². The molecule has 3 nitrogen and oxygen atoms in total. The lowest BCUT2D eigenvalue weighted by Gasteiger charge is -2.27. The zero-order chi connectivity index (χ0) is 20.2. The molecule has 1 aromatic carbocycles. The molecule has 4 atom stereocenters. The van der Waals surface area contributed by atoms with Gasteiger partial charge < -0.3 is 9.73 Å². The number of benzene rings is 1. The zero-order valence-electron chi connectivity index (χ0n) is 18.0. The Balaban J connectivity index is 2.09. The van der Waals surface area contributed by atoms with Crippen molar-refractivity contribution < 1.29 is 9.53 Å². The Morgan fingerprint density at radius 1 is 1.26 bits per heavy atom. The molecule has 0 spiro atoms. The highest BCUT2D eigenvalue weighted by Crippen LogP contribution is 2.62. The summed E-state index contributed by atoms with van der Waals surface area (Å²) in [4.78, 5) is 16.8. The second-order valence-corrected chi connectivity index (χ2v) is 8.65. The monoisotopic (exact) mass is 369 g/mol. The first-order chi connectivity index (χ1) is 12.7. The number of rotatable bonds is 8. The quantitative estimate of drug-likeness (QED) is 0.335. The van der Waals surface area contributed by atoms with Gasteiger partial charge in [0.15, 0.2) is 0 Å².